The van der Waals surface area contributed by atoms with Gasteiger partial charge in [0.05, 0.1) is 87.1 Å². The minimum Gasteiger partial charge on any atom is -0.488 e. The fourth-order valence-electron chi connectivity index (χ4n) is 17.2. The van der Waals surface area contributed by atoms with E-state index in [1.54, 1.807) is 85.3 Å². The maximum Gasteiger partial charge on any atom is 0.410 e. The molecule has 15 rings (SSSR count). The number of carbonyl (C=O) groups is 2. The van der Waals surface area contributed by atoms with Gasteiger partial charge in [0.1, 0.15) is 61.8 Å². The molecule has 6 aromatic heterocycles. The van der Waals surface area contributed by atoms with Gasteiger partial charge >= 0.3 is 12.2 Å². The normalized spacial score (nSPS) is 16.9. The summed E-state index contributed by atoms with van der Waals surface area (Å²) in [5.41, 5.74) is 19.7. The lowest BCUT2D eigenvalue weighted by Gasteiger charge is -2.34. The van der Waals surface area contributed by atoms with E-state index in [0.29, 0.717) is 42.2 Å². The average molecular weight is 2070 g/mol. The summed E-state index contributed by atoms with van der Waals surface area (Å²) in [5, 5.41) is 30.8. The molecule has 6 aliphatic heterocycles. The average Bonchev–Trinajstić information content (AvgIpc) is 1.58. The van der Waals surface area contributed by atoms with E-state index in [1.807, 2.05) is 94.1 Å². The zero-order valence-electron chi connectivity index (χ0n) is 83.1. The summed E-state index contributed by atoms with van der Waals surface area (Å²) in [4.78, 5) is 54.3. The van der Waals surface area contributed by atoms with E-state index in [1.165, 1.54) is 57.5 Å². The maximum absolute atomic E-state index is 13.1. The lowest BCUT2D eigenvalue weighted by atomic mass is 9.82. The van der Waals surface area contributed by atoms with Crippen molar-refractivity contribution >= 4 is 164 Å². The van der Waals surface area contributed by atoms with Gasteiger partial charge in [0.15, 0.2) is 17.5 Å². The summed E-state index contributed by atoms with van der Waals surface area (Å²) < 4.78 is 112. The molecule has 8 N–H and O–H groups in total. The Kier molecular flexibility index (Phi) is 36.6. The van der Waals surface area contributed by atoms with E-state index in [-0.39, 0.29) is 126 Å². The van der Waals surface area contributed by atoms with Crippen molar-refractivity contribution in [2.24, 2.45) is 0 Å². The van der Waals surface area contributed by atoms with Crippen LogP contribution in [-0.2, 0) is 58.2 Å². The van der Waals surface area contributed by atoms with Crippen LogP contribution in [0, 0.1) is 20.8 Å². The highest BCUT2D eigenvalue weighted by molar-refractivity contribution is 7.92. The molecular weight excluding hydrogens is 1930 g/mol. The first-order chi connectivity index (χ1) is 64.2. The standard InChI is InChI=1S/C33H46ClN7O5S.C28H38ClN7O3S.C20H30N2O3.C13H17Cl2N5O2S.CH4S.CH4/c1-18(2)41-17-26(30(39-41)47(43,44)19(3)4)36-29-24(34)16-35-31(38-29)37-25-14-20(5)27(23-15-21(6)45-28(23)25)22-10-12-40(13-11-22)32(42)46-33(7,8)9;1-15(2)36-14-23(27(35-36)40(37,38)16(3)4)32-26-21(29)13-31-28(34-26)33-22-11-17(5)24(19-7-9-30-10-8-19)20-12-18(6)39-25(20)22;1-12-10-16(21)18-15(11-13(2)24-18)17(12)14-6-8-22(9-7-14)19(23)25-20(3,4)5;1-7(2)20-6-10(12(19-20)23(21,22)8(3)4)17-11-9(14)5-16-13(15)18-11;1-2;/h14,16-19,21-22H,10-13,15H2,1-9H3,(H2,35,36,37,38);11,13-16,18-19,30H,7-10,12H2,1-6H3,(H2,31,32,33,34);10,13-14H,6-9,11,21H2,1-5H3;5-8H,1-4H3,(H,16,17,18);2H,1H3;1H4/t21-;18-;13-;;;/m111.../s1. The van der Waals surface area contributed by atoms with E-state index < -0.39 is 56.5 Å². The van der Waals surface area contributed by atoms with Crippen LogP contribution in [0.4, 0.5) is 73.1 Å². The quantitative estimate of drug-likeness (QED) is 0.0177. The number of hydrogen-bond donors (Lipinski definition) is 8. The number of thiol groups is 1. The topological polar surface area (TPSA) is 418 Å². The minimum absolute atomic E-state index is 0. The molecule has 3 saturated heterocycles. The van der Waals surface area contributed by atoms with E-state index in [2.05, 4.69) is 143 Å². The van der Waals surface area contributed by atoms with Gasteiger partial charge in [0.2, 0.25) is 61.8 Å². The van der Waals surface area contributed by atoms with E-state index in [9.17, 15) is 34.8 Å². The molecule has 12 heterocycles. The predicted octanol–water partition coefficient (Wildman–Crippen LogP) is 21.7. The van der Waals surface area contributed by atoms with Crippen LogP contribution in [0.15, 0.2) is 70.5 Å². The Labute approximate surface area is 839 Å². The number of nitrogens with zero attached hydrogens (tertiary/aromatic N) is 14. The molecule has 0 aliphatic carbocycles. The first kappa shape index (κ1) is 111. The van der Waals surface area contributed by atoms with Crippen LogP contribution in [0.2, 0.25) is 20.4 Å². The SMILES string of the molecule is C.CC(C)n1cc(Nc2nc(Cl)ncc2Cl)c(S(=O)(=O)C(C)C)n1.CS.Cc1cc(N)c2c(c1C1CCN(C(=O)OC(C)(C)C)CC1)C[C@@H](C)O2.Cc1cc(Nc2ncc(Cl)c(Nc3cn(C(C)C)nc3S(=O)(=O)C(C)C)n2)c2c(c1C1CCN(C(=O)OC(C)(C)C)CC1)C[C@@H](C)O2.Cc1cc(Nc2ncc(Cl)c(Nc3cn(C(C)C)nc3S(=O)(=O)C(C)C)n2)c2c(c1C1CCNCC1)C[C@@H](C)O2. The van der Waals surface area contributed by atoms with Crippen molar-refractivity contribution in [1.29, 1.82) is 0 Å². The number of anilines is 11. The van der Waals surface area contributed by atoms with Gasteiger partial charge in [0, 0.05) is 80.3 Å². The Bertz CT molecular complexity index is 6200. The molecule has 3 aromatic carbocycles. The summed E-state index contributed by atoms with van der Waals surface area (Å²) in [6, 6.07) is 6.10. The summed E-state index contributed by atoms with van der Waals surface area (Å²) >= 11 is 28.3. The summed E-state index contributed by atoms with van der Waals surface area (Å²) in [5.74, 6) is 5.06. The van der Waals surface area contributed by atoms with Gasteiger partial charge in [-0.25, -0.2) is 49.8 Å². The number of nitrogen functional groups attached to an aromatic ring is 1. The number of nitrogens with two attached hydrogens (primary N) is 1. The van der Waals surface area contributed by atoms with Crippen molar-refractivity contribution in [3.05, 3.63) is 126 Å². The second-order valence-corrected chi connectivity index (χ2v) is 47.9. The van der Waals surface area contributed by atoms with Crippen molar-refractivity contribution in [2.75, 3.05) is 77.8 Å². The summed E-state index contributed by atoms with van der Waals surface area (Å²) in [6.45, 7) is 50.0. The number of benzene rings is 3. The van der Waals surface area contributed by atoms with Crippen molar-refractivity contribution in [1.82, 2.24) is 74.4 Å². The van der Waals surface area contributed by atoms with Gasteiger partial charge in [-0.05, 0) is 305 Å². The van der Waals surface area contributed by atoms with Gasteiger partial charge in [-0.3, -0.25) is 14.0 Å². The van der Waals surface area contributed by atoms with Crippen LogP contribution in [-0.4, -0.2) is 197 Å². The molecule has 0 unspecified atom stereocenters. The number of sulfone groups is 3. The number of hydrogen-bond acceptors (Lipinski definition) is 30. The van der Waals surface area contributed by atoms with Crippen LogP contribution < -0.4 is 51.8 Å². The molecule has 42 heteroatoms. The Balaban J connectivity index is 0.000000196. The molecule has 34 nitrogen and oxygen atoms in total. The van der Waals surface area contributed by atoms with Crippen molar-refractivity contribution in [3.8, 4) is 17.2 Å². The van der Waals surface area contributed by atoms with Crippen molar-refractivity contribution in [2.45, 2.75) is 328 Å². The first-order valence-corrected chi connectivity index (χ1v) is 53.7. The van der Waals surface area contributed by atoms with E-state index in [4.69, 9.17) is 75.8 Å². The van der Waals surface area contributed by atoms with Crippen molar-refractivity contribution in [3.63, 3.8) is 0 Å². The van der Waals surface area contributed by atoms with Gasteiger partial charge in [-0.15, -0.1) is 0 Å². The highest BCUT2D eigenvalue weighted by atomic mass is 35.5. The molecule has 3 atom stereocenters. The largest absolute Gasteiger partial charge is 0.488 e. The zero-order valence-corrected chi connectivity index (χ0v) is 89.4. The number of aryl methyl sites for hydroxylation is 3. The third kappa shape index (κ3) is 26.3. The van der Waals surface area contributed by atoms with Crippen LogP contribution in [0.3, 0.4) is 0 Å². The van der Waals surface area contributed by atoms with Crippen LogP contribution in [0.5, 0.6) is 17.2 Å². The third-order valence-electron chi connectivity index (χ3n) is 24.0. The molecule has 0 saturated carbocycles. The maximum atomic E-state index is 13.1. The number of fused-ring (bicyclic) bond motifs is 3. The monoisotopic (exact) mass is 2060 g/mol. The minimum atomic E-state index is -3.70. The smallest absolute Gasteiger partial charge is 0.410 e. The first-order valence-electron chi connectivity index (χ1n) is 46.6. The van der Waals surface area contributed by atoms with E-state index in [0.717, 1.165) is 129 Å². The van der Waals surface area contributed by atoms with Crippen LogP contribution in [0.1, 0.15) is 277 Å². The number of ether oxygens (including phenoxy) is 5. The Morgan fingerprint density at radius 1 is 0.457 bits per heavy atom. The van der Waals surface area contributed by atoms with E-state index >= 15 is 0 Å². The Hall–Kier alpha value is -9.41. The molecule has 0 spiro atoms. The number of carbonyl (C=O) groups excluding carboxylic acids is 2. The molecule has 138 heavy (non-hydrogen) atoms. The Morgan fingerprint density at radius 2 is 0.754 bits per heavy atom. The molecular formula is C96H139Cl4N21O13S4. The number of nitrogens with one attached hydrogen (secondary N) is 6. The number of piperidine rings is 3. The van der Waals surface area contributed by atoms with Gasteiger partial charge in [-0.1, -0.05) is 42.2 Å². The highest BCUT2D eigenvalue weighted by Crippen LogP contribution is 2.50. The molecule has 3 fully saturated rings. The fraction of sp³-hybridized carbons (Fsp3) is 0.573. The zero-order chi connectivity index (χ0) is 101. The highest BCUT2D eigenvalue weighted by Gasteiger charge is 2.40. The molecule has 9 aromatic rings. The lowest BCUT2D eigenvalue weighted by molar-refractivity contribution is 0.0194. The predicted molar refractivity (Wildman–Crippen MR) is 553 cm³/mol. The molecule has 0 bridgehead atoms. The Morgan fingerprint density at radius 3 is 1.07 bits per heavy atom. The molecule has 2 amide bonds. The number of likely N-dealkylation sites (tertiary alicyclic amines) is 2. The number of halogens is 4. The van der Waals surface area contributed by atoms with Gasteiger partial charge in [0.25, 0.3) is 0 Å². The second-order valence-electron chi connectivity index (χ2n) is 39.1. The van der Waals surface area contributed by atoms with Crippen LogP contribution in [0.25, 0.3) is 0 Å². The molecule has 758 valence electrons. The lowest BCUT2D eigenvalue weighted by Crippen LogP contribution is -2.41. The van der Waals surface area contributed by atoms with Crippen molar-refractivity contribution < 1.29 is 58.5 Å². The number of aromatic nitrogens is 12. The number of rotatable bonds is 22. The fourth-order valence-corrected chi connectivity index (χ4v) is 20.9. The molecule has 6 aliphatic rings. The van der Waals surface area contributed by atoms with Gasteiger partial charge < -0.3 is 71.1 Å². The summed E-state index contributed by atoms with van der Waals surface area (Å²) in [7, 11) is -10.9. The van der Waals surface area contributed by atoms with Crippen LogP contribution >= 0.6 is 59.0 Å². The number of amides is 2. The molecule has 0 radical (unpaired) electrons. The summed E-state index contributed by atoms with van der Waals surface area (Å²) in [6.07, 6.45) is 19.1. The van der Waals surface area contributed by atoms with Gasteiger partial charge in [-0.2, -0.15) is 42.9 Å². The second kappa shape index (κ2) is 45.7. The third-order valence-corrected chi connectivity index (χ3v) is 31.3.